The van der Waals surface area contributed by atoms with Crippen LogP contribution in [-0.4, -0.2) is 132 Å². The molecule has 8 N–H and O–H groups in total. The minimum absolute atomic E-state index is 0. The molecule has 0 aromatic rings. The molecule has 0 saturated carbocycles. The fourth-order valence-electron chi connectivity index (χ4n) is 0.805. The van der Waals surface area contributed by atoms with Gasteiger partial charge in [0.1, 0.15) is 12.1 Å². The van der Waals surface area contributed by atoms with Gasteiger partial charge in [0.25, 0.3) is 0 Å². The maximum Gasteiger partial charge on any atom is 2.00 e. The summed E-state index contributed by atoms with van der Waals surface area (Å²) in [6.45, 7) is 0. The molecule has 10 nitrogen and oxygen atoms in total. The van der Waals surface area contributed by atoms with E-state index in [9.17, 15) is 19.2 Å². The molecule has 2 atom stereocenters. The molecule has 0 saturated heterocycles. The summed E-state index contributed by atoms with van der Waals surface area (Å²) in [7, 11) is 0. The van der Waals surface area contributed by atoms with Crippen molar-refractivity contribution in [2.24, 2.45) is 11.5 Å². The van der Waals surface area contributed by atoms with Crippen LogP contribution in [0.2, 0.25) is 0 Å². The van der Waals surface area contributed by atoms with Gasteiger partial charge in [-0.3, -0.25) is 19.2 Å². The Balaban J connectivity index is -0.0000000337. The first-order valence-corrected chi connectivity index (χ1v) is 5.48. The predicted molar refractivity (Wildman–Crippen MR) is 80.9 cm³/mol. The molecule has 0 aliphatic carbocycles. The van der Waals surface area contributed by atoms with E-state index in [2.05, 4.69) is 0 Å². The maximum atomic E-state index is 9.99. The summed E-state index contributed by atoms with van der Waals surface area (Å²) in [5.74, 6) is -4.39. The molecule has 22 heavy (non-hydrogen) atoms. The molecule has 0 bridgehead atoms. The van der Waals surface area contributed by atoms with Gasteiger partial charge >= 0.3 is 99.4 Å². The molecule has 0 aromatic heterocycles. The van der Waals surface area contributed by atoms with E-state index in [1.165, 1.54) is 0 Å². The van der Waals surface area contributed by atoms with Crippen molar-refractivity contribution in [1.82, 2.24) is 0 Å². The van der Waals surface area contributed by atoms with Gasteiger partial charge in [-0.1, -0.05) is 0 Å². The molecule has 0 amide bonds. The van der Waals surface area contributed by atoms with Gasteiger partial charge in [0.15, 0.2) is 0 Å². The van der Waals surface area contributed by atoms with Crippen LogP contribution in [0.1, 0.15) is 31.4 Å². The summed E-state index contributed by atoms with van der Waals surface area (Å²) in [5.41, 5.74) is 10.0. The molecule has 124 valence electrons. The van der Waals surface area contributed by atoms with Crippen LogP contribution in [0.15, 0.2) is 0 Å². The van der Waals surface area contributed by atoms with Crippen molar-refractivity contribution in [3.63, 3.8) is 0 Å². The third-order valence-electron chi connectivity index (χ3n) is 1.97. The number of carbonyl (C=O) groups is 4. The van der Waals surface area contributed by atoms with Gasteiger partial charge in [0.05, 0.1) is 0 Å². The van der Waals surface area contributed by atoms with E-state index in [0.29, 0.717) is 0 Å². The molecular formula is C10H22Ca2N2O8. The average molecular weight is 378 g/mol. The first-order valence-electron chi connectivity index (χ1n) is 5.48. The summed E-state index contributed by atoms with van der Waals surface area (Å²) in [6.07, 6.45) is -0.448. The molecule has 0 rings (SSSR count). The second kappa shape index (κ2) is 17.7. The Kier molecular flexibility index (Phi) is 24.3. The molecule has 0 heterocycles. The number of aliphatic carboxylic acids is 4. The van der Waals surface area contributed by atoms with Crippen LogP contribution in [0.4, 0.5) is 0 Å². The van der Waals surface area contributed by atoms with Crippen LogP contribution < -0.4 is 11.5 Å². The predicted octanol–water partition coefficient (Wildman–Crippen LogP) is -1.79. The van der Waals surface area contributed by atoms with Crippen molar-refractivity contribution < 1.29 is 45.3 Å². The van der Waals surface area contributed by atoms with Gasteiger partial charge in [-0.25, -0.2) is 0 Å². The van der Waals surface area contributed by atoms with Crippen LogP contribution in [0.3, 0.4) is 0 Å². The molecular weight excluding hydrogens is 356 g/mol. The SMILES string of the molecule is N[C@@H](CCC(=O)O)C(=O)O.N[C@@H](CCC(=O)O)C(=O)O.[Ca+2].[Ca+2].[H-].[H-].[H-].[H-]. The molecule has 0 radical (unpaired) electrons. The molecule has 0 aromatic carbocycles. The minimum atomic E-state index is -1.17. The van der Waals surface area contributed by atoms with Gasteiger partial charge in [0.2, 0.25) is 0 Å². The summed E-state index contributed by atoms with van der Waals surface area (Å²) in [5, 5.41) is 32.5. The van der Waals surface area contributed by atoms with E-state index < -0.39 is 36.0 Å². The van der Waals surface area contributed by atoms with Crippen molar-refractivity contribution in [1.29, 1.82) is 0 Å². The first kappa shape index (κ1) is 30.2. The standard InChI is InChI=1S/2C5H9NO4.2Ca.4H/c2*6-3(5(9)10)1-2-4(7)8;;;;;;/h2*3H,1-2,6H2,(H,7,8)(H,9,10);;;;;;/q;;2*+2;4*-1/t2*3-;;;;;;/m00....../s1. The van der Waals surface area contributed by atoms with Crippen LogP contribution in [0, 0.1) is 0 Å². The maximum absolute atomic E-state index is 9.99. The number of hydrogen-bond acceptors (Lipinski definition) is 6. The molecule has 0 aliphatic heterocycles. The Morgan fingerprint density at radius 2 is 0.955 bits per heavy atom. The fourth-order valence-corrected chi connectivity index (χ4v) is 0.805. The fraction of sp³-hybridized carbons (Fsp3) is 0.600. The quantitative estimate of drug-likeness (QED) is 0.262. The van der Waals surface area contributed by atoms with Crippen molar-refractivity contribution in [2.45, 2.75) is 37.8 Å². The molecule has 12 heteroatoms. The second-order valence-corrected chi connectivity index (χ2v) is 3.75. The zero-order chi connectivity index (χ0) is 16.3. The third kappa shape index (κ3) is 22.6. The van der Waals surface area contributed by atoms with E-state index in [4.69, 9.17) is 31.9 Å². The zero-order valence-corrected chi connectivity index (χ0v) is 16.4. The topological polar surface area (TPSA) is 201 Å². The Morgan fingerprint density at radius 3 is 1.09 bits per heavy atom. The van der Waals surface area contributed by atoms with E-state index in [-0.39, 0.29) is 107 Å². The number of hydrogen-bond donors (Lipinski definition) is 6. The number of nitrogens with two attached hydrogens (primary N) is 2. The Bertz CT molecular complexity index is 349. The van der Waals surface area contributed by atoms with Crippen LogP contribution in [0.25, 0.3) is 0 Å². The molecule has 0 aliphatic rings. The van der Waals surface area contributed by atoms with Gasteiger partial charge in [-0.15, -0.1) is 0 Å². The number of carboxylic acid groups (broad SMARTS) is 4. The van der Waals surface area contributed by atoms with Gasteiger partial charge < -0.3 is 37.6 Å². The van der Waals surface area contributed by atoms with E-state index >= 15 is 0 Å². The normalized spacial score (nSPS) is 11.4. The van der Waals surface area contributed by atoms with E-state index in [1.54, 1.807) is 0 Å². The molecule has 0 fully saturated rings. The van der Waals surface area contributed by atoms with Crippen LogP contribution in [-0.2, 0) is 19.2 Å². The number of rotatable bonds is 8. The Hall–Kier alpha value is 0.319. The van der Waals surface area contributed by atoms with E-state index in [0.717, 1.165) is 0 Å². The van der Waals surface area contributed by atoms with Crippen molar-refractivity contribution >= 4 is 99.4 Å². The van der Waals surface area contributed by atoms with Crippen molar-refractivity contribution in [2.75, 3.05) is 0 Å². The summed E-state index contributed by atoms with van der Waals surface area (Å²) in [6, 6.07) is -2.12. The average Bonchev–Trinajstić information content (AvgIpc) is 2.33. The Morgan fingerprint density at radius 1 is 0.727 bits per heavy atom. The van der Waals surface area contributed by atoms with Gasteiger partial charge in [-0.2, -0.15) is 0 Å². The second-order valence-electron chi connectivity index (χ2n) is 3.75. The van der Waals surface area contributed by atoms with Gasteiger partial charge in [0, 0.05) is 12.8 Å². The zero-order valence-electron chi connectivity index (χ0n) is 16.0. The van der Waals surface area contributed by atoms with Crippen LogP contribution >= 0.6 is 0 Å². The van der Waals surface area contributed by atoms with Crippen LogP contribution in [0.5, 0.6) is 0 Å². The third-order valence-corrected chi connectivity index (χ3v) is 1.97. The first-order chi connectivity index (χ1) is 9.07. The van der Waals surface area contributed by atoms with Crippen molar-refractivity contribution in [3.05, 3.63) is 0 Å². The minimum Gasteiger partial charge on any atom is -1.00 e. The summed E-state index contributed by atoms with van der Waals surface area (Å²) in [4.78, 5) is 39.7. The molecule has 0 spiro atoms. The molecule has 0 unspecified atom stereocenters. The van der Waals surface area contributed by atoms with Gasteiger partial charge in [-0.05, 0) is 12.8 Å². The summed E-state index contributed by atoms with van der Waals surface area (Å²) < 4.78 is 0. The number of carboxylic acids is 4. The smallest absolute Gasteiger partial charge is 1.00 e. The monoisotopic (exact) mass is 378 g/mol. The largest absolute Gasteiger partial charge is 2.00 e. The summed E-state index contributed by atoms with van der Waals surface area (Å²) >= 11 is 0. The van der Waals surface area contributed by atoms with Crippen molar-refractivity contribution in [3.8, 4) is 0 Å². The Labute approximate surface area is 192 Å². The van der Waals surface area contributed by atoms with E-state index in [1.807, 2.05) is 0 Å².